The Balaban J connectivity index is 1.55. The minimum atomic E-state index is -0.321. The number of rotatable bonds is 4. The summed E-state index contributed by atoms with van der Waals surface area (Å²) in [5.74, 6) is -0.640. The van der Waals surface area contributed by atoms with Crippen LogP contribution in [-0.2, 0) is 5.41 Å². The predicted octanol–water partition coefficient (Wildman–Crippen LogP) is 8.71. The van der Waals surface area contributed by atoms with Crippen molar-refractivity contribution in [2.24, 2.45) is 0 Å². The first kappa shape index (κ1) is 23.6. The molecule has 0 radical (unpaired) electrons. The second-order valence-electron chi connectivity index (χ2n) is 9.89. The van der Waals surface area contributed by atoms with Gasteiger partial charge >= 0.3 is 0 Å². The van der Waals surface area contributed by atoms with Gasteiger partial charge in [0.25, 0.3) is 0 Å². The maximum atomic E-state index is 13.6. The second kappa shape index (κ2) is 9.46. The number of halogens is 2. The van der Waals surface area contributed by atoms with Crippen LogP contribution in [-0.4, -0.2) is 9.97 Å². The van der Waals surface area contributed by atoms with Crippen molar-refractivity contribution in [2.75, 3.05) is 0 Å². The van der Waals surface area contributed by atoms with Crippen molar-refractivity contribution in [1.29, 1.82) is 0 Å². The van der Waals surface area contributed by atoms with Crippen molar-refractivity contribution in [2.45, 2.75) is 26.2 Å². The summed E-state index contributed by atoms with van der Waals surface area (Å²) in [5.41, 5.74) is 7.71. The van der Waals surface area contributed by atoms with Crippen molar-refractivity contribution >= 4 is 23.2 Å². The van der Waals surface area contributed by atoms with E-state index >= 15 is 0 Å². The molecule has 0 amide bonds. The molecule has 0 fully saturated rings. The van der Waals surface area contributed by atoms with Crippen molar-refractivity contribution in [3.8, 4) is 22.5 Å². The molecule has 1 aromatic heterocycles. The van der Waals surface area contributed by atoms with E-state index in [9.17, 15) is 8.78 Å². The Kier molecular flexibility index (Phi) is 6.19. The van der Waals surface area contributed by atoms with E-state index in [0.29, 0.717) is 11.4 Å². The highest BCUT2D eigenvalue weighted by Gasteiger charge is 2.14. The first-order valence-electron chi connectivity index (χ1n) is 11.9. The first-order chi connectivity index (χ1) is 17.3. The molecular formula is C32H26F2N2. The molecule has 0 atom stereocenters. The summed E-state index contributed by atoms with van der Waals surface area (Å²) in [6.07, 6.45) is 4.13. The van der Waals surface area contributed by atoms with E-state index in [4.69, 9.17) is 9.97 Å². The molecule has 36 heavy (non-hydrogen) atoms. The van der Waals surface area contributed by atoms with Gasteiger partial charge in [0.1, 0.15) is 11.6 Å². The molecule has 0 N–H and O–H groups in total. The van der Waals surface area contributed by atoms with Crippen LogP contribution >= 0.6 is 0 Å². The lowest BCUT2D eigenvalue weighted by atomic mass is 9.87. The van der Waals surface area contributed by atoms with Crippen molar-refractivity contribution in [1.82, 2.24) is 9.97 Å². The van der Waals surface area contributed by atoms with E-state index in [2.05, 4.69) is 57.2 Å². The van der Waals surface area contributed by atoms with Gasteiger partial charge < -0.3 is 0 Å². The van der Waals surface area contributed by atoms with Crippen molar-refractivity contribution < 1.29 is 8.78 Å². The van der Waals surface area contributed by atoms with Crippen LogP contribution in [0, 0.1) is 11.6 Å². The largest absolute Gasteiger partial charge is 0.244 e. The highest BCUT2D eigenvalue weighted by molar-refractivity contribution is 5.88. The summed E-state index contributed by atoms with van der Waals surface area (Å²) in [5, 5.41) is 0. The van der Waals surface area contributed by atoms with E-state index < -0.39 is 0 Å². The highest BCUT2D eigenvalue weighted by atomic mass is 19.1. The van der Waals surface area contributed by atoms with Gasteiger partial charge in [0.15, 0.2) is 0 Å². The van der Waals surface area contributed by atoms with Gasteiger partial charge in [-0.15, -0.1) is 0 Å². The molecular weight excluding hydrogens is 450 g/mol. The minimum absolute atomic E-state index is 0.119. The zero-order valence-corrected chi connectivity index (χ0v) is 20.5. The lowest BCUT2D eigenvalue weighted by Gasteiger charge is -2.18. The van der Waals surface area contributed by atoms with Gasteiger partial charge in [-0.1, -0.05) is 63.3 Å². The molecule has 4 heteroatoms. The number of fused-ring (bicyclic) bond motifs is 1. The Morgan fingerprint density at radius 3 is 1.56 bits per heavy atom. The molecule has 0 aliphatic carbocycles. The quantitative estimate of drug-likeness (QED) is 0.242. The molecule has 0 unspecified atom stereocenters. The Morgan fingerprint density at radius 2 is 1.03 bits per heavy atom. The zero-order chi connectivity index (χ0) is 25.3. The monoisotopic (exact) mass is 476 g/mol. The third-order valence-corrected chi connectivity index (χ3v) is 6.17. The number of benzene rings is 4. The summed E-state index contributed by atoms with van der Waals surface area (Å²) >= 11 is 0. The van der Waals surface area contributed by atoms with Gasteiger partial charge in [0.05, 0.1) is 22.4 Å². The number of aromatic nitrogens is 2. The van der Waals surface area contributed by atoms with Crippen molar-refractivity contribution in [3.63, 3.8) is 0 Å². The van der Waals surface area contributed by atoms with Gasteiger partial charge in [-0.25, -0.2) is 18.7 Å². The minimum Gasteiger partial charge on any atom is -0.244 e. The molecule has 5 aromatic rings. The molecule has 0 spiro atoms. The molecule has 178 valence electrons. The standard InChI is InChI=1S/C32H26F2N2/c1-32(2,3)25-13-6-21(7-14-25)4-5-22-8-19-28-29(20-22)36-31(24-11-17-27(34)18-12-24)30(35-28)23-9-15-26(33)16-10-23/h4-20H,1-3H3/b5-4+. The Bertz CT molecular complexity index is 1540. The van der Waals surface area contributed by atoms with Crippen LogP contribution in [0.25, 0.3) is 45.7 Å². The average molecular weight is 477 g/mol. The summed E-state index contributed by atoms with van der Waals surface area (Å²) in [7, 11) is 0. The first-order valence-corrected chi connectivity index (χ1v) is 11.9. The lowest BCUT2D eigenvalue weighted by Crippen LogP contribution is -2.10. The Hall–Kier alpha value is -4.18. The average Bonchev–Trinajstić information content (AvgIpc) is 2.87. The molecule has 4 aromatic carbocycles. The highest BCUT2D eigenvalue weighted by Crippen LogP contribution is 2.32. The Labute approximate surface area is 210 Å². The number of nitrogens with zero attached hydrogens (tertiary/aromatic N) is 2. The van der Waals surface area contributed by atoms with Crippen LogP contribution in [0.2, 0.25) is 0 Å². The molecule has 0 saturated carbocycles. The van der Waals surface area contributed by atoms with E-state index in [1.807, 2.05) is 18.2 Å². The van der Waals surface area contributed by atoms with Gasteiger partial charge in [-0.2, -0.15) is 0 Å². The van der Waals surface area contributed by atoms with Gasteiger partial charge in [-0.05, 0) is 82.8 Å². The fourth-order valence-electron chi connectivity index (χ4n) is 4.08. The molecule has 5 rings (SSSR count). The van der Waals surface area contributed by atoms with E-state index in [1.54, 1.807) is 24.3 Å². The zero-order valence-electron chi connectivity index (χ0n) is 20.5. The summed E-state index contributed by atoms with van der Waals surface area (Å²) in [6.45, 7) is 6.61. The molecule has 0 bridgehead atoms. The van der Waals surface area contributed by atoms with E-state index in [-0.39, 0.29) is 17.0 Å². The molecule has 2 nitrogen and oxygen atoms in total. The molecule has 0 aliphatic rings. The maximum Gasteiger partial charge on any atom is 0.123 e. The van der Waals surface area contributed by atoms with E-state index in [0.717, 1.165) is 33.3 Å². The summed E-state index contributed by atoms with van der Waals surface area (Å²) in [4.78, 5) is 9.78. The molecule has 0 saturated heterocycles. The van der Waals surface area contributed by atoms with E-state index in [1.165, 1.54) is 29.8 Å². The van der Waals surface area contributed by atoms with Crippen LogP contribution in [0.1, 0.15) is 37.5 Å². The van der Waals surface area contributed by atoms with Gasteiger partial charge in [-0.3, -0.25) is 0 Å². The number of hydrogen-bond donors (Lipinski definition) is 0. The lowest BCUT2D eigenvalue weighted by molar-refractivity contribution is 0.590. The second-order valence-corrected chi connectivity index (χ2v) is 9.89. The summed E-state index contributed by atoms with van der Waals surface area (Å²) < 4.78 is 27.1. The Morgan fingerprint density at radius 1 is 0.556 bits per heavy atom. The fraction of sp³-hybridized carbons (Fsp3) is 0.125. The summed E-state index contributed by atoms with van der Waals surface area (Å²) in [6, 6.07) is 26.8. The predicted molar refractivity (Wildman–Crippen MR) is 144 cm³/mol. The molecule has 0 aliphatic heterocycles. The maximum absolute atomic E-state index is 13.6. The smallest absolute Gasteiger partial charge is 0.123 e. The van der Waals surface area contributed by atoms with Crippen LogP contribution in [0.5, 0.6) is 0 Å². The topological polar surface area (TPSA) is 25.8 Å². The van der Waals surface area contributed by atoms with Crippen LogP contribution in [0.15, 0.2) is 91.0 Å². The normalized spacial score (nSPS) is 11.9. The third kappa shape index (κ3) is 5.08. The van der Waals surface area contributed by atoms with Crippen molar-refractivity contribution in [3.05, 3.63) is 119 Å². The third-order valence-electron chi connectivity index (χ3n) is 6.17. The van der Waals surface area contributed by atoms with Crippen LogP contribution in [0.3, 0.4) is 0 Å². The molecule has 1 heterocycles. The van der Waals surface area contributed by atoms with Crippen LogP contribution in [0.4, 0.5) is 8.78 Å². The van der Waals surface area contributed by atoms with Crippen LogP contribution < -0.4 is 0 Å². The SMILES string of the molecule is CC(C)(C)c1ccc(/C=C/c2ccc3nc(-c4ccc(F)cc4)c(-c4ccc(F)cc4)nc3c2)cc1. The number of hydrogen-bond acceptors (Lipinski definition) is 2. The fourth-order valence-corrected chi connectivity index (χ4v) is 4.08. The van der Waals surface area contributed by atoms with Gasteiger partial charge in [0, 0.05) is 11.1 Å². The van der Waals surface area contributed by atoms with Gasteiger partial charge in [0.2, 0.25) is 0 Å².